The molecule has 0 amide bonds. The molecule has 0 heterocycles. The Bertz CT molecular complexity index is 439. The first kappa shape index (κ1) is 24.4. The van der Waals surface area contributed by atoms with Gasteiger partial charge in [-0.3, -0.25) is 0 Å². The Morgan fingerprint density at radius 2 is 1.68 bits per heavy atom. The molecule has 0 aliphatic heterocycles. The van der Waals surface area contributed by atoms with Gasteiger partial charge in [0.2, 0.25) is 0 Å². The predicted molar refractivity (Wildman–Crippen MR) is 101 cm³/mol. The molecule has 0 aromatic carbocycles. The standard InChI is InChI=1S/C17H33F3O3Si2/c1-7-8-13-25(6,14-10-17(18,19)20)23-24(4,5)12-9-11-22-16(21)15(2)3/h2,7-14H2,1,3-6H3. The number of carbonyl (C=O) groups is 1. The molecule has 0 aliphatic rings. The number of alkyl halides is 3. The lowest BCUT2D eigenvalue weighted by molar-refractivity contribution is -0.139. The fourth-order valence-corrected chi connectivity index (χ4v) is 12.4. The van der Waals surface area contributed by atoms with Gasteiger partial charge in [-0.15, -0.1) is 0 Å². The topological polar surface area (TPSA) is 35.5 Å². The number of halogens is 3. The average molecular weight is 399 g/mol. The van der Waals surface area contributed by atoms with Crippen LogP contribution >= 0.6 is 0 Å². The van der Waals surface area contributed by atoms with Crippen molar-refractivity contribution < 1.29 is 26.8 Å². The Kier molecular flexibility index (Phi) is 10.3. The van der Waals surface area contributed by atoms with Crippen LogP contribution in [0.3, 0.4) is 0 Å². The summed E-state index contributed by atoms with van der Waals surface area (Å²) in [4.78, 5) is 11.4. The van der Waals surface area contributed by atoms with E-state index in [1.54, 1.807) is 6.92 Å². The number of esters is 1. The summed E-state index contributed by atoms with van der Waals surface area (Å²) in [5.74, 6) is -0.410. The van der Waals surface area contributed by atoms with E-state index in [9.17, 15) is 18.0 Å². The Balaban J connectivity index is 4.61. The largest absolute Gasteiger partial charge is 0.462 e. The highest BCUT2D eigenvalue weighted by Crippen LogP contribution is 2.33. The Labute approximate surface area is 152 Å². The first-order valence-corrected chi connectivity index (χ1v) is 14.8. The highest BCUT2D eigenvalue weighted by molar-refractivity contribution is 6.85. The zero-order valence-corrected chi connectivity index (χ0v) is 18.2. The van der Waals surface area contributed by atoms with Gasteiger partial charge >= 0.3 is 12.1 Å². The van der Waals surface area contributed by atoms with E-state index in [1.165, 1.54) is 0 Å². The molecule has 148 valence electrons. The molecule has 1 atom stereocenters. The summed E-state index contributed by atoms with van der Waals surface area (Å²) in [7, 11) is -4.50. The molecule has 25 heavy (non-hydrogen) atoms. The van der Waals surface area contributed by atoms with Gasteiger partial charge in [-0.2, -0.15) is 13.2 Å². The number of rotatable bonds is 12. The summed E-state index contributed by atoms with van der Waals surface area (Å²) in [5.41, 5.74) is 0.361. The van der Waals surface area contributed by atoms with Gasteiger partial charge in [-0.25, -0.2) is 4.79 Å². The van der Waals surface area contributed by atoms with Crippen LogP contribution in [-0.2, 0) is 13.6 Å². The minimum atomic E-state index is -4.13. The summed E-state index contributed by atoms with van der Waals surface area (Å²) in [6.45, 7) is 13.5. The van der Waals surface area contributed by atoms with Gasteiger partial charge in [-0.05, 0) is 51.1 Å². The van der Waals surface area contributed by atoms with Crippen molar-refractivity contribution >= 4 is 22.6 Å². The molecule has 0 spiro atoms. The van der Waals surface area contributed by atoms with Gasteiger partial charge in [0.25, 0.3) is 0 Å². The number of unbranched alkanes of at least 4 members (excludes halogenated alkanes) is 1. The first-order chi connectivity index (χ1) is 11.3. The maximum Gasteiger partial charge on any atom is 0.388 e. The normalized spacial score (nSPS) is 14.9. The van der Waals surface area contributed by atoms with E-state index in [0.29, 0.717) is 18.6 Å². The summed E-state index contributed by atoms with van der Waals surface area (Å²) in [6.07, 6.45) is -2.37. The fourth-order valence-electron chi connectivity index (χ4n) is 2.69. The quantitative estimate of drug-likeness (QED) is 0.174. The number of hydrogen-bond donors (Lipinski definition) is 0. The Morgan fingerprint density at radius 1 is 1.08 bits per heavy atom. The maximum absolute atomic E-state index is 12.7. The first-order valence-electron chi connectivity index (χ1n) is 8.90. The van der Waals surface area contributed by atoms with Gasteiger partial charge in [0.05, 0.1) is 6.61 Å². The molecule has 0 aromatic rings. The van der Waals surface area contributed by atoms with Crippen molar-refractivity contribution in [3.63, 3.8) is 0 Å². The van der Waals surface area contributed by atoms with Crippen molar-refractivity contribution in [3.8, 4) is 0 Å². The molecule has 0 bridgehead atoms. The van der Waals surface area contributed by atoms with E-state index in [1.807, 2.05) is 26.6 Å². The van der Waals surface area contributed by atoms with Crippen LogP contribution in [0.4, 0.5) is 13.2 Å². The second-order valence-corrected chi connectivity index (χ2v) is 16.3. The molecule has 0 aromatic heterocycles. The predicted octanol–water partition coefficient (Wildman–Crippen LogP) is 6.05. The number of hydrogen-bond acceptors (Lipinski definition) is 3. The third-order valence-electron chi connectivity index (χ3n) is 4.02. The van der Waals surface area contributed by atoms with Crippen LogP contribution in [0.5, 0.6) is 0 Å². The van der Waals surface area contributed by atoms with Crippen LogP contribution in [0.25, 0.3) is 0 Å². The van der Waals surface area contributed by atoms with Crippen LogP contribution in [-0.4, -0.2) is 35.4 Å². The second kappa shape index (κ2) is 10.5. The third-order valence-corrected chi connectivity index (χ3v) is 12.5. The fraction of sp³-hybridized carbons (Fsp3) is 0.824. The smallest absolute Gasteiger partial charge is 0.388 e. The molecular weight excluding hydrogens is 365 g/mol. The van der Waals surface area contributed by atoms with Crippen molar-refractivity contribution in [2.75, 3.05) is 6.61 Å². The third kappa shape index (κ3) is 12.4. The summed E-state index contributed by atoms with van der Waals surface area (Å²) >= 11 is 0. The second-order valence-electron chi connectivity index (χ2n) is 7.55. The molecule has 0 saturated carbocycles. The molecule has 0 fully saturated rings. The van der Waals surface area contributed by atoms with E-state index in [0.717, 1.165) is 24.9 Å². The molecule has 0 rings (SSSR count). The Hall–Kier alpha value is -0.606. The van der Waals surface area contributed by atoms with Crippen LogP contribution in [0, 0.1) is 0 Å². The summed E-state index contributed by atoms with van der Waals surface area (Å²) < 4.78 is 49.4. The van der Waals surface area contributed by atoms with Gasteiger partial charge < -0.3 is 8.85 Å². The summed E-state index contributed by atoms with van der Waals surface area (Å²) in [6, 6.07) is 1.65. The van der Waals surface area contributed by atoms with Crippen LogP contribution in [0.1, 0.15) is 39.5 Å². The van der Waals surface area contributed by atoms with Crippen LogP contribution in [0.2, 0.25) is 37.8 Å². The zero-order valence-electron chi connectivity index (χ0n) is 16.2. The van der Waals surface area contributed by atoms with Gasteiger partial charge in [0.1, 0.15) is 0 Å². The van der Waals surface area contributed by atoms with Gasteiger partial charge in [0, 0.05) is 12.0 Å². The molecule has 0 aliphatic carbocycles. The van der Waals surface area contributed by atoms with Gasteiger partial charge in [-0.1, -0.05) is 26.3 Å². The minimum absolute atomic E-state index is 0.123. The Morgan fingerprint density at radius 3 is 2.16 bits per heavy atom. The number of carbonyl (C=O) groups excluding carboxylic acids is 1. The maximum atomic E-state index is 12.7. The lowest BCUT2D eigenvalue weighted by Gasteiger charge is -2.37. The van der Waals surface area contributed by atoms with E-state index in [2.05, 4.69) is 6.58 Å². The van der Waals surface area contributed by atoms with E-state index in [4.69, 9.17) is 8.85 Å². The van der Waals surface area contributed by atoms with E-state index in [-0.39, 0.29) is 6.04 Å². The molecule has 1 unspecified atom stereocenters. The monoisotopic (exact) mass is 398 g/mol. The molecule has 8 heteroatoms. The lowest BCUT2D eigenvalue weighted by Crippen LogP contribution is -2.46. The summed E-state index contributed by atoms with van der Waals surface area (Å²) in [5, 5.41) is 0. The van der Waals surface area contributed by atoms with Gasteiger partial charge in [0.15, 0.2) is 16.6 Å². The molecule has 0 N–H and O–H groups in total. The number of ether oxygens (including phenoxy) is 1. The van der Waals surface area contributed by atoms with Crippen molar-refractivity contribution in [2.45, 2.75) is 83.5 Å². The highest BCUT2D eigenvalue weighted by Gasteiger charge is 2.39. The van der Waals surface area contributed by atoms with Crippen molar-refractivity contribution in [3.05, 3.63) is 12.2 Å². The average Bonchev–Trinajstić information content (AvgIpc) is 2.46. The van der Waals surface area contributed by atoms with Crippen LogP contribution < -0.4 is 0 Å². The van der Waals surface area contributed by atoms with Crippen molar-refractivity contribution in [1.29, 1.82) is 0 Å². The van der Waals surface area contributed by atoms with Crippen molar-refractivity contribution in [2.24, 2.45) is 0 Å². The molecule has 3 nitrogen and oxygen atoms in total. The zero-order chi connectivity index (χ0) is 19.7. The van der Waals surface area contributed by atoms with E-state index < -0.39 is 35.2 Å². The van der Waals surface area contributed by atoms with E-state index >= 15 is 0 Å². The van der Waals surface area contributed by atoms with Crippen molar-refractivity contribution in [1.82, 2.24) is 0 Å². The molecule has 0 radical (unpaired) electrons. The SMILES string of the molecule is C=C(C)C(=O)OCCC[Si](C)(C)O[Si](C)(CCCC)CCC(F)(F)F. The minimum Gasteiger partial charge on any atom is -0.462 e. The van der Waals surface area contributed by atoms with Crippen LogP contribution in [0.15, 0.2) is 12.2 Å². The lowest BCUT2D eigenvalue weighted by atomic mass is 10.4. The molecule has 0 saturated heterocycles. The molecular formula is C17H33F3O3Si2. The highest BCUT2D eigenvalue weighted by atomic mass is 28.4.